The van der Waals surface area contributed by atoms with Gasteiger partial charge in [-0.15, -0.1) is 0 Å². The van der Waals surface area contributed by atoms with Gasteiger partial charge in [0.15, 0.2) is 0 Å². The molecule has 0 unspecified atom stereocenters. The number of rotatable bonds is 11. The van der Waals surface area contributed by atoms with Crippen LogP contribution in [0.1, 0.15) is 101 Å². The molecule has 2 aromatic heterocycles. The van der Waals surface area contributed by atoms with Crippen molar-refractivity contribution in [1.82, 2.24) is 14.0 Å². The third-order valence-corrected chi connectivity index (χ3v) is 6.48. The Morgan fingerprint density at radius 3 is 1.95 bits per heavy atom. The van der Waals surface area contributed by atoms with E-state index in [0.29, 0.717) is 16.9 Å². The number of Topliss-reactive ketones (excluding diaryl/α,β-unsaturated/α-hetero) is 1. The third kappa shape index (κ3) is 6.82. The molecule has 2 aromatic carbocycles. The van der Waals surface area contributed by atoms with Crippen LogP contribution in [0.3, 0.4) is 0 Å². The summed E-state index contributed by atoms with van der Waals surface area (Å²) in [5.74, 6) is 0.225. The molecule has 6 nitrogen and oxygen atoms in total. The van der Waals surface area contributed by atoms with Gasteiger partial charge in [-0.3, -0.25) is 18.8 Å². The highest BCUT2D eigenvalue weighted by molar-refractivity contribution is 6.12. The first-order valence-electron chi connectivity index (χ1n) is 13.5. The van der Waals surface area contributed by atoms with Crippen molar-refractivity contribution in [3.05, 3.63) is 82.5 Å². The molecule has 0 aliphatic carbocycles. The van der Waals surface area contributed by atoms with Crippen LogP contribution in [0.5, 0.6) is 0 Å². The van der Waals surface area contributed by atoms with E-state index in [9.17, 15) is 14.4 Å². The third-order valence-electron chi connectivity index (χ3n) is 6.48. The number of carbonyl (C=O) groups is 2. The summed E-state index contributed by atoms with van der Waals surface area (Å²) < 4.78 is 3.43. The lowest BCUT2D eigenvalue weighted by Crippen LogP contribution is -2.25. The first-order chi connectivity index (χ1) is 17.9. The minimum absolute atomic E-state index is 0.0306. The lowest BCUT2D eigenvalue weighted by atomic mass is 10.1. The van der Waals surface area contributed by atoms with Crippen molar-refractivity contribution in [2.24, 2.45) is 0 Å². The predicted octanol–water partition coefficient (Wildman–Crippen LogP) is 7.18. The van der Waals surface area contributed by atoms with Crippen molar-refractivity contribution in [3.8, 4) is 0 Å². The zero-order valence-corrected chi connectivity index (χ0v) is 22.6. The van der Waals surface area contributed by atoms with Crippen LogP contribution >= 0.6 is 0 Å². The Morgan fingerprint density at radius 1 is 0.811 bits per heavy atom. The molecule has 0 aliphatic rings. The van der Waals surface area contributed by atoms with Crippen molar-refractivity contribution >= 4 is 28.1 Å². The summed E-state index contributed by atoms with van der Waals surface area (Å²) in [7, 11) is 0. The highest BCUT2D eigenvalue weighted by Crippen LogP contribution is 2.21. The van der Waals surface area contributed by atoms with Crippen LogP contribution in [0.4, 0.5) is 0 Å². The number of fused-ring (bicyclic) bond motifs is 3. The van der Waals surface area contributed by atoms with Crippen molar-refractivity contribution in [2.75, 3.05) is 0 Å². The van der Waals surface area contributed by atoms with Crippen LogP contribution in [0, 0.1) is 0 Å². The normalized spacial score (nSPS) is 11.1. The van der Waals surface area contributed by atoms with Crippen molar-refractivity contribution in [2.45, 2.75) is 85.1 Å². The molecule has 0 aliphatic heterocycles. The standard InChI is InChI=1S/C20H17N3O2.C11H22O/c1-13(2)23-16-11-7-6-10-15(16)22-12-21-17(18(22)20(23)25)19(24)14-8-4-3-5-9-14;1-3-5-7-9-11(12)10-8-6-4-2/h3-13H,1-2H3;3-10H2,1-2H3. The lowest BCUT2D eigenvalue weighted by molar-refractivity contribution is -0.119. The molecule has 0 spiro atoms. The maximum atomic E-state index is 13.2. The first kappa shape index (κ1) is 28.0. The quantitative estimate of drug-likeness (QED) is 0.161. The molecule has 2 heterocycles. The van der Waals surface area contributed by atoms with E-state index in [1.54, 1.807) is 39.6 Å². The SMILES string of the molecule is CC(C)n1c(=O)c2c(C(=O)c3ccccc3)ncn2c2ccccc21.CCCCCC(=O)CCCCC. The summed E-state index contributed by atoms with van der Waals surface area (Å²) in [6.07, 6.45) is 10.2. The van der Waals surface area contributed by atoms with Crippen molar-refractivity contribution in [3.63, 3.8) is 0 Å². The van der Waals surface area contributed by atoms with Crippen LogP contribution in [-0.2, 0) is 4.79 Å². The van der Waals surface area contributed by atoms with Gasteiger partial charge < -0.3 is 4.57 Å². The maximum Gasteiger partial charge on any atom is 0.278 e. The van der Waals surface area contributed by atoms with Gasteiger partial charge in [0.1, 0.15) is 23.3 Å². The fourth-order valence-corrected chi connectivity index (χ4v) is 4.50. The van der Waals surface area contributed by atoms with E-state index in [2.05, 4.69) is 18.8 Å². The molecule has 0 radical (unpaired) electrons. The fourth-order valence-electron chi connectivity index (χ4n) is 4.50. The van der Waals surface area contributed by atoms with Crippen LogP contribution in [0.15, 0.2) is 65.7 Å². The van der Waals surface area contributed by atoms with Crippen molar-refractivity contribution < 1.29 is 9.59 Å². The Hall–Kier alpha value is -3.54. The number of aromatic nitrogens is 3. The van der Waals surface area contributed by atoms with Crippen LogP contribution in [0.25, 0.3) is 16.6 Å². The van der Waals surface area contributed by atoms with E-state index in [1.165, 1.54) is 25.7 Å². The molecule has 0 fully saturated rings. The van der Waals surface area contributed by atoms with Gasteiger partial charge in [0.2, 0.25) is 5.78 Å². The summed E-state index contributed by atoms with van der Waals surface area (Å²) in [5.41, 5.74) is 2.51. The van der Waals surface area contributed by atoms with E-state index >= 15 is 0 Å². The Balaban J connectivity index is 0.000000270. The molecule has 0 bridgehead atoms. The number of hydrogen-bond donors (Lipinski definition) is 0. The average Bonchev–Trinajstić information content (AvgIpc) is 3.35. The zero-order valence-electron chi connectivity index (χ0n) is 22.6. The van der Waals surface area contributed by atoms with Crippen LogP contribution in [-0.4, -0.2) is 25.5 Å². The summed E-state index contributed by atoms with van der Waals surface area (Å²) >= 11 is 0. The molecule has 0 saturated heterocycles. The maximum absolute atomic E-state index is 13.2. The summed E-state index contributed by atoms with van der Waals surface area (Å²) in [4.78, 5) is 41.5. The fraction of sp³-hybridized carbons (Fsp3) is 0.419. The predicted molar refractivity (Wildman–Crippen MR) is 151 cm³/mol. The molecule has 196 valence electrons. The molecule has 0 atom stereocenters. The van der Waals surface area contributed by atoms with E-state index in [0.717, 1.165) is 36.7 Å². The smallest absolute Gasteiger partial charge is 0.278 e. The summed E-state index contributed by atoms with van der Waals surface area (Å²) in [6, 6.07) is 16.5. The second-order valence-corrected chi connectivity index (χ2v) is 9.72. The Morgan fingerprint density at radius 2 is 1.38 bits per heavy atom. The van der Waals surface area contributed by atoms with E-state index < -0.39 is 0 Å². The summed E-state index contributed by atoms with van der Waals surface area (Å²) in [5, 5.41) is 0. The molecule has 6 heteroatoms. The molecular formula is C31H39N3O3. The molecule has 4 aromatic rings. The van der Waals surface area contributed by atoms with E-state index in [-0.39, 0.29) is 23.1 Å². The van der Waals surface area contributed by atoms with Gasteiger partial charge in [-0.2, -0.15) is 0 Å². The summed E-state index contributed by atoms with van der Waals surface area (Å²) in [6.45, 7) is 8.25. The van der Waals surface area contributed by atoms with Gasteiger partial charge in [0.25, 0.3) is 5.56 Å². The Kier molecular flexibility index (Phi) is 10.4. The van der Waals surface area contributed by atoms with Gasteiger partial charge >= 0.3 is 0 Å². The molecule has 37 heavy (non-hydrogen) atoms. The number of para-hydroxylation sites is 2. The number of hydrogen-bond acceptors (Lipinski definition) is 4. The van der Waals surface area contributed by atoms with Gasteiger partial charge in [-0.1, -0.05) is 82.0 Å². The van der Waals surface area contributed by atoms with Crippen LogP contribution < -0.4 is 5.56 Å². The average molecular weight is 502 g/mol. The lowest BCUT2D eigenvalue weighted by Gasteiger charge is -2.15. The highest BCUT2D eigenvalue weighted by atomic mass is 16.1. The molecule has 0 N–H and O–H groups in total. The minimum atomic E-state index is -0.245. The molecular weight excluding hydrogens is 462 g/mol. The van der Waals surface area contributed by atoms with Gasteiger partial charge in [0.05, 0.1) is 11.0 Å². The number of unbranched alkanes of at least 4 members (excludes halogenated alkanes) is 4. The zero-order chi connectivity index (χ0) is 26.8. The molecule has 4 rings (SSSR count). The van der Waals surface area contributed by atoms with E-state index in [1.807, 2.05) is 44.2 Å². The highest BCUT2D eigenvalue weighted by Gasteiger charge is 2.22. The Bertz CT molecular complexity index is 1370. The molecule has 0 saturated carbocycles. The molecule has 0 amide bonds. The minimum Gasteiger partial charge on any atom is -0.302 e. The monoisotopic (exact) mass is 501 g/mol. The van der Waals surface area contributed by atoms with Crippen molar-refractivity contribution in [1.29, 1.82) is 0 Å². The number of carbonyl (C=O) groups excluding carboxylic acids is 2. The number of imidazole rings is 1. The largest absolute Gasteiger partial charge is 0.302 e. The second kappa shape index (κ2) is 13.7. The number of benzene rings is 2. The van der Waals surface area contributed by atoms with E-state index in [4.69, 9.17) is 0 Å². The van der Waals surface area contributed by atoms with Gasteiger partial charge in [-0.05, 0) is 38.8 Å². The first-order valence-corrected chi connectivity index (χ1v) is 13.5. The number of nitrogens with zero attached hydrogens (tertiary/aromatic N) is 3. The number of ketones is 2. The topological polar surface area (TPSA) is 73.4 Å². The van der Waals surface area contributed by atoms with Gasteiger partial charge in [-0.25, -0.2) is 4.98 Å². The Labute approximate surface area is 219 Å². The van der Waals surface area contributed by atoms with Crippen LogP contribution in [0.2, 0.25) is 0 Å². The van der Waals surface area contributed by atoms with Gasteiger partial charge in [0, 0.05) is 24.4 Å². The second-order valence-electron chi connectivity index (χ2n) is 9.72.